The van der Waals surface area contributed by atoms with Crippen LogP contribution in [-0.4, -0.2) is 37.0 Å². The topological polar surface area (TPSA) is 74.6 Å². The first-order chi connectivity index (χ1) is 13.4. The minimum Gasteiger partial charge on any atom is -0.493 e. The number of amides is 1. The summed E-state index contributed by atoms with van der Waals surface area (Å²) in [4.78, 5) is 12.4. The number of anilines is 1. The van der Waals surface area contributed by atoms with Crippen molar-refractivity contribution in [3.8, 4) is 17.2 Å². The van der Waals surface area contributed by atoms with Gasteiger partial charge >= 0.3 is 0 Å². The van der Waals surface area contributed by atoms with Gasteiger partial charge in [-0.3, -0.25) is 9.48 Å². The highest BCUT2D eigenvalue weighted by Gasteiger charge is 2.14. The lowest BCUT2D eigenvalue weighted by Gasteiger charge is -2.14. The molecule has 1 heterocycles. The zero-order chi connectivity index (χ0) is 20.7. The number of hydrogen-bond donors (Lipinski definition) is 1. The Kier molecular flexibility index (Phi) is 7.75. The van der Waals surface area contributed by atoms with Crippen LogP contribution in [0.1, 0.15) is 31.0 Å². The Morgan fingerprint density at radius 1 is 1.21 bits per heavy atom. The quantitative estimate of drug-likeness (QED) is 0.626. The second kappa shape index (κ2) is 10.0. The van der Waals surface area contributed by atoms with Crippen molar-refractivity contribution in [1.29, 1.82) is 0 Å². The Labute approximate surface area is 170 Å². The monoisotopic (exact) mass is 407 g/mol. The van der Waals surface area contributed by atoms with E-state index >= 15 is 0 Å². The number of aromatic nitrogens is 2. The third-order valence-corrected chi connectivity index (χ3v) is 4.57. The van der Waals surface area contributed by atoms with Gasteiger partial charge < -0.3 is 19.5 Å². The Morgan fingerprint density at radius 2 is 1.86 bits per heavy atom. The van der Waals surface area contributed by atoms with Gasteiger partial charge in [-0.25, -0.2) is 0 Å². The average Bonchev–Trinajstić information content (AvgIpc) is 2.96. The average molecular weight is 408 g/mol. The molecule has 2 aromatic rings. The lowest BCUT2D eigenvalue weighted by Crippen LogP contribution is -2.08. The molecule has 7 nitrogen and oxygen atoms in total. The van der Waals surface area contributed by atoms with Gasteiger partial charge in [0, 0.05) is 36.0 Å². The SMILES string of the molecule is CCCCn1nc(C)c(/C=C/C(=O)Nc2cc(OC)c(OC)c(OC)c2)c1Cl. The number of hydrogen-bond acceptors (Lipinski definition) is 5. The predicted octanol–water partition coefficient (Wildman–Crippen LogP) is 4.32. The summed E-state index contributed by atoms with van der Waals surface area (Å²) in [6.07, 6.45) is 5.13. The van der Waals surface area contributed by atoms with E-state index in [1.807, 2.05) is 6.92 Å². The molecule has 1 aromatic heterocycles. The number of nitrogens with one attached hydrogen (secondary N) is 1. The van der Waals surface area contributed by atoms with Crippen LogP contribution in [-0.2, 0) is 11.3 Å². The molecule has 0 aliphatic heterocycles. The molecule has 0 unspecified atom stereocenters. The number of unbranched alkanes of at least 4 members (excludes halogenated alkanes) is 1. The van der Waals surface area contributed by atoms with Crippen molar-refractivity contribution in [2.75, 3.05) is 26.6 Å². The van der Waals surface area contributed by atoms with Crippen LogP contribution in [0.2, 0.25) is 5.15 Å². The lowest BCUT2D eigenvalue weighted by atomic mass is 10.2. The third-order valence-electron chi connectivity index (χ3n) is 4.17. The van der Waals surface area contributed by atoms with Crippen molar-refractivity contribution in [3.63, 3.8) is 0 Å². The number of methoxy groups -OCH3 is 3. The molecule has 1 N–H and O–H groups in total. The Bertz CT molecular complexity index is 836. The number of rotatable bonds is 9. The second-order valence-electron chi connectivity index (χ2n) is 6.10. The number of nitrogens with zero attached hydrogens (tertiary/aromatic N) is 2. The van der Waals surface area contributed by atoms with E-state index in [2.05, 4.69) is 17.3 Å². The van der Waals surface area contributed by atoms with Crippen molar-refractivity contribution in [1.82, 2.24) is 9.78 Å². The molecule has 0 saturated heterocycles. The van der Waals surface area contributed by atoms with Crippen molar-refractivity contribution in [3.05, 3.63) is 34.6 Å². The van der Waals surface area contributed by atoms with Crippen LogP contribution in [0.5, 0.6) is 17.2 Å². The molecule has 8 heteroatoms. The van der Waals surface area contributed by atoms with Gasteiger partial charge in [-0.2, -0.15) is 5.10 Å². The smallest absolute Gasteiger partial charge is 0.248 e. The summed E-state index contributed by atoms with van der Waals surface area (Å²) in [6, 6.07) is 3.32. The Balaban J connectivity index is 2.17. The highest BCUT2D eigenvalue weighted by atomic mass is 35.5. The van der Waals surface area contributed by atoms with E-state index < -0.39 is 0 Å². The molecular weight excluding hydrogens is 382 g/mol. The maximum absolute atomic E-state index is 12.4. The molecule has 0 aliphatic carbocycles. The standard InChI is InChI=1S/C20H26ClN3O4/c1-6-7-10-24-20(21)15(13(2)23-24)8-9-18(25)22-14-11-16(26-3)19(28-5)17(12-14)27-4/h8-9,11-12H,6-7,10H2,1-5H3,(H,22,25)/b9-8+. The van der Waals surface area contributed by atoms with Crippen molar-refractivity contribution >= 4 is 29.3 Å². The summed E-state index contributed by atoms with van der Waals surface area (Å²) < 4.78 is 17.6. The normalized spacial score (nSPS) is 10.9. The number of benzene rings is 1. The van der Waals surface area contributed by atoms with Crippen LogP contribution in [0.3, 0.4) is 0 Å². The van der Waals surface area contributed by atoms with Gasteiger partial charge in [0.05, 0.1) is 27.0 Å². The van der Waals surface area contributed by atoms with E-state index in [1.165, 1.54) is 27.4 Å². The molecule has 0 radical (unpaired) electrons. The minimum atomic E-state index is -0.314. The minimum absolute atomic E-state index is 0.314. The number of carbonyl (C=O) groups is 1. The zero-order valence-electron chi connectivity index (χ0n) is 16.8. The summed E-state index contributed by atoms with van der Waals surface area (Å²) in [5.74, 6) is 1.06. The van der Waals surface area contributed by atoms with Gasteiger partial charge in [0.15, 0.2) is 11.5 Å². The molecular formula is C20H26ClN3O4. The summed E-state index contributed by atoms with van der Waals surface area (Å²) in [5, 5.41) is 7.74. The predicted molar refractivity (Wildman–Crippen MR) is 111 cm³/mol. The molecule has 0 spiro atoms. The van der Waals surface area contributed by atoms with Gasteiger partial charge in [0.25, 0.3) is 0 Å². The van der Waals surface area contributed by atoms with Crippen LogP contribution in [0, 0.1) is 6.92 Å². The molecule has 0 bridgehead atoms. The molecule has 0 saturated carbocycles. The van der Waals surface area contributed by atoms with Crippen LogP contribution in [0.25, 0.3) is 6.08 Å². The number of halogens is 1. The lowest BCUT2D eigenvalue weighted by molar-refractivity contribution is -0.111. The fourth-order valence-corrected chi connectivity index (χ4v) is 3.03. The molecule has 2 rings (SSSR count). The Morgan fingerprint density at radius 3 is 2.39 bits per heavy atom. The molecule has 1 aromatic carbocycles. The van der Waals surface area contributed by atoms with Crippen molar-refractivity contribution in [2.24, 2.45) is 0 Å². The van der Waals surface area contributed by atoms with E-state index in [0.29, 0.717) is 28.1 Å². The van der Waals surface area contributed by atoms with Crippen LogP contribution in [0.4, 0.5) is 5.69 Å². The zero-order valence-corrected chi connectivity index (χ0v) is 17.6. The number of aryl methyl sites for hydroxylation is 2. The van der Waals surface area contributed by atoms with E-state index in [9.17, 15) is 4.79 Å². The molecule has 0 fully saturated rings. The van der Waals surface area contributed by atoms with Crippen molar-refractivity contribution in [2.45, 2.75) is 33.2 Å². The van der Waals surface area contributed by atoms with Gasteiger partial charge in [-0.1, -0.05) is 24.9 Å². The molecule has 28 heavy (non-hydrogen) atoms. The molecule has 152 valence electrons. The van der Waals surface area contributed by atoms with Crippen LogP contribution < -0.4 is 19.5 Å². The highest BCUT2D eigenvalue weighted by molar-refractivity contribution is 6.31. The maximum atomic E-state index is 12.4. The largest absolute Gasteiger partial charge is 0.493 e. The third kappa shape index (κ3) is 4.98. The summed E-state index contributed by atoms with van der Waals surface area (Å²) in [7, 11) is 4.56. The maximum Gasteiger partial charge on any atom is 0.248 e. The first-order valence-electron chi connectivity index (χ1n) is 8.97. The first kappa shape index (κ1) is 21.6. The summed E-state index contributed by atoms with van der Waals surface area (Å²) >= 11 is 6.39. The number of carbonyl (C=O) groups excluding carboxylic acids is 1. The van der Waals surface area contributed by atoms with Gasteiger partial charge in [-0.15, -0.1) is 0 Å². The van der Waals surface area contributed by atoms with E-state index in [-0.39, 0.29) is 5.91 Å². The summed E-state index contributed by atoms with van der Waals surface area (Å²) in [6.45, 7) is 4.73. The second-order valence-corrected chi connectivity index (χ2v) is 6.46. The fourth-order valence-electron chi connectivity index (χ4n) is 2.71. The fraction of sp³-hybridized carbons (Fsp3) is 0.400. The van der Waals surface area contributed by atoms with Crippen molar-refractivity contribution < 1.29 is 19.0 Å². The number of ether oxygens (including phenoxy) is 3. The van der Waals surface area contributed by atoms with Crippen LogP contribution in [0.15, 0.2) is 18.2 Å². The van der Waals surface area contributed by atoms with E-state index in [1.54, 1.807) is 22.9 Å². The molecule has 0 aliphatic rings. The Hall–Kier alpha value is -2.67. The first-order valence-corrected chi connectivity index (χ1v) is 9.34. The highest BCUT2D eigenvalue weighted by Crippen LogP contribution is 2.39. The van der Waals surface area contributed by atoms with E-state index in [4.69, 9.17) is 25.8 Å². The van der Waals surface area contributed by atoms with Crippen LogP contribution >= 0.6 is 11.6 Å². The molecule has 1 amide bonds. The van der Waals surface area contributed by atoms with Gasteiger partial charge in [0.1, 0.15) is 5.15 Å². The summed E-state index contributed by atoms with van der Waals surface area (Å²) in [5.41, 5.74) is 2.03. The van der Waals surface area contributed by atoms with E-state index in [0.717, 1.165) is 30.6 Å². The van der Waals surface area contributed by atoms with Gasteiger partial charge in [0.2, 0.25) is 11.7 Å². The van der Waals surface area contributed by atoms with Gasteiger partial charge in [-0.05, 0) is 19.4 Å². The molecule has 0 atom stereocenters.